The van der Waals surface area contributed by atoms with Crippen LogP contribution in [0.1, 0.15) is 25.7 Å². The van der Waals surface area contributed by atoms with E-state index in [9.17, 15) is 14.9 Å². The SMILES string of the molecule is NCC1CCCCC1NC(=O)Cn1cc([N+](=O)[O-])cn1. The summed E-state index contributed by atoms with van der Waals surface area (Å²) in [5.74, 6) is 0.132. The number of aromatic nitrogens is 2. The summed E-state index contributed by atoms with van der Waals surface area (Å²) >= 11 is 0. The van der Waals surface area contributed by atoms with Gasteiger partial charge in [-0.2, -0.15) is 5.10 Å². The molecule has 1 aliphatic rings. The highest BCUT2D eigenvalue weighted by molar-refractivity contribution is 5.76. The first-order valence-corrected chi connectivity index (χ1v) is 6.76. The maximum absolute atomic E-state index is 11.9. The molecule has 2 atom stereocenters. The van der Waals surface area contributed by atoms with E-state index in [0.29, 0.717) is 12.5 Å². The molecule has 1 aromatic heterocycles. The topological polar surface area (TPSA) is 116 Å². The summed E-state index contributed by atoms with van der Waals surface area (Å²) in [6.07, 6.45) is 6.60. The second-order valence-electron chi connectivity index (χ2n) is 5.11. The fourth-order valence-electron chi connectivity index (χ4n) is 2.61. The third-order valence-electron chi connectivity index (χ3n) is 3.69. The predicted octanol–water partition coefficient (Wildman–Crippen LogP) is 0.425. The first-order valence-electron chi connectivity index (χ1n) is 6.76. The van der Waals surface area contributed by atoms with Crippen molar-refractivity contribution in [2.75, 3.05) is 6.54 Å². The number of hydrogen-bond acceptors (Lipinski definition) is 5. The molecule has 3 N–H and O–H groups in total. The minimum absolute atomic E-state index is 0.0123. The van der Waals surface area contributed by atoms with Crippen molar-refractivity contribution in [3.63, 3.8) is 0 Å². The second-order valence-corrected chi connectivity index (χ2v) is 5.11. The zero-order valence-electron chi connectivity index (χ0n) is 11.2. The number of nitrogens with two attached hydrogens (primary N) is 1. The molecule has 20 heavy (non-hydrogen) atoms. The molecule has 2 unspecified atom stereocenters. The molecule has 8 nitrogen and oxygen atoms in total. The lowest BCUT2D eigenvalue weighted by Gasteiger charge is -2.31. The molecule has 0 aliphatic heterocycles. The average molecular weight is 281 g/mol. The van der Waals surface area contributed by atoms with E-state index in [1.807, 2.05) is 0 Å². The van der Waals surface area contributed by atoms with Gasteiger partial charge in [0, 0.05) is 6.04 Å². The van der Waals surface area contributed by atoms with Gasteiger partial charge in [0.15, 0.2) is 0 Å². The van der Waals surface area contributed by atoms with Crippen molar-refractivity contribution in [3.8, 4) is 0 Å². The van der Waals surface area contributed by atoms with Crippen molar-refractivity contribution in [2.24, 2.45) is 11.7 Å². The Balaban J connectivity index is 1.89. The number of carbonyl (C=O) groups is 1. The normalized spacial score (nSPS) is 22.4. The molecule has 1 saturated carbocycles. The van der Waals surface area contributed by atoms with Crippen molar-refractivity contribution < 1.29 is 9.72 Å². The highest BCUT2D eigenvalue weighted by Gasteiger charge is 2.25. The lowest BCUT2D eigenvalue weighted by atomic mass is 9.84. The van der Waals surface area contributed by atoms with Crippen molar-refractivity contribution in [2.45, 2.75) is 38.3 Å². The molecule has 1 fully saturated rings. The molecule has 0 bridgehead atoms. The van der Waals surface area contributed by atoms with Gasteiger partial charge >= 0.3 is 5.69 Å². The molecule has 0 spiro atoms. The Morgan fingerprint density at radius 2 is 2.30 bits per heavy atom. The summed E-state index contributed by atoms with van der Waals surface area (Å²) in [7, 11) is 0. The van der Waals surface area contributed by atoms with E-state index in [2.05, 4.69) is 10.4 Å². The van der Waals surface area contributed by atoms with Crippen LogP contribution in [0.4, 0.5) is 5.69 Å². The summed E-state index contributed by atoms with van der Waals surface area (Å²) < 4.78 is 1.27. The Hall–Kier alpha value is -1.96. The summed E-state index contributed by atoms with van der Waals surface area (Å²) in [4.78, 5) is 21.9. The number of amides is 1. The lowest BCUT2D eigenvalue weighted by Crippen LogP contribution is -2.45. The molecular formula is C12H19N5O3. The van der Waals surface area contributed by atoms with Crippen LogP contribution in [0.15, 0.2) is 12.4 Å². The zero-order chi connectivity index (χ0) is 14.5. The smallest absolute Gasteiger partial charge is 0.307 e. The average Bonchev–Trinajstić information content (AvgIpc) is 2.88. The molecule has 1 aliphatic carbocycles. The van der Waals surface area contributed by atoms with Gasteiger partial charge in [-0.25, -0.2) is 0 Å². The van der Waals surface area contributed by atoms with Gasteiger partial charge in [-0.1, -0.05) is 12.8 Å². The molecule has 0 aromatic carbocycles. The molecule has 0 saturated heterocycles. The van der Waals surface area contributed by atoms with Gasteiger partial charge in [0.1, 0.15) is 18.9 Å². The molecule has 8 heteroatoms. The van der Waals surface area contributed by atoms with Crippen LogP contribution >= 0.6 is 0 Å². The van der Waals surface area contributed by atoms with Crippen molar-refractivity contribution in [1.82, 2.24) is 15.1 Å². The van der Waals surface area contributed by atoms with Gasteiger partial charge in [-0.15, -0.1) is 0 Å². The molecule has 2 rings (SSSR count). The van der Waals surface area contributed by atoms with Gasteiger partial charge < -0.3 is 11.1 Å². The first-order chi connectivity index (χ1) is 9.60. The molecular weight excluding hydrogens is 262 g/mol. The van der Waals surface area contributed by atoms with Crippen LogP contribution in [0.3, 0.4) is 0 Å². The Labute approximate surface area is 116 Å². The van der Waals surface area contributed by atoms with E-state index < -0.39 is 4.92 Å². The van der Waals surface area contributed by atoms with Crippen LogP contribution < -0.4 is 11.1 Å². The van der Waals surface area contributed by atoms with E-state index in [0.717, 1.165) is 31.9 Å². The lowest BCUT2D eigenvalue weighted by molar-refractivity contribution is -0.385. The van der Waals surface area contributed by atoms with Crippen LogP contribution in [0.25, 0.3) is 0 Å². The minimum Gasteiger partial charge on any atom is -0.351 e. The van der Waals surface area contributed by atoms with Crippen LogP contribution in [-0.4, -0.2) is 33.2 Å². The number of nitrogens with one attached hydrogen (secondary N) is 1. The Morgan fingerprint density at radius 3 is 2.95 bits per heavy atom. The fraction of sp³-hybridized carbons (Fsp3) is 0.667. The standard InChI is InChI=1S/C12H19N5O3/c13-5-9-3-1-2-4-11(9)15-12(18)8-16-7-10(6-14-16)17(19)20/h6-7,9,11H,1-5,8,13H2,(H,15,18). The van der Waals surface area contributed by atoms with Crippen molar-refractivity contribution >= 4 is 11.6 Å². The van der Waals surface area contributed by atoms with Gasteiger partial charge in [-0.3, -0.25) is 19.6 Å². The zero-order valence-corrected chi connectivity index (χ0v) is 11.2. The number of hydrogen-bond donors (Lipinski definition) is 2. The van der Waals surface area contributed by atoms with E-state index in [1.54, 1.807) is 0 Å². The molecule has 1 amide bonds. The second kappa shape index (κ2) is 6.47. The Morgan fingerprint density at radius 1 is 1.55 bits per heavy atom. The molecule has 1 aromatic rings. The summed E-state index contributed by atoms with van der Waals surface area (Å²) in [6, 6.07) is 0.104. The predicted molar refractivity (Wildman–Crippen MR) is 71.8 cm³/mol. The fourth-order valence-corrected chi connectivity index (χ4v) is 2.61. The summed E-state index contributed by atoms with van der Waals surface area (Å²) in [6.45, 7) is 0.555. The third-order valence-corrected chi connectivity index (χ3v) is 3.69. The third kappa shape index (κ3) is 3.53. The van der Waals surface area contributed by atoms with Crippen LogP contribution in [0.5, 0.6) is 0 Å². The molecule has 1 heterocycles. The number of nitrogens with zero attached hydrogens (tertiary/aromatic N) is 3. The van der Waals surface area contributed by atoms with Crippen molar-refractivity contribution in [3.05, 3.63) is 22.5 Å². The van der Waals surface area contributed by atoms with Crippen molar-refractivity contribution in [1.29, 1.82) is 0 Å². The number of carbonyl (C=O) groups excluding carboxylic acids is 1. The first kappa shape index (κ1) is 14.4. The maximum atomic E-state index is 11.9. The number of nitro groups is 1. The minimum atomic E-state index is -0.535. The van der Waals surface area contributed by atoms with Crippen LogP contribution in [-0.2, 0) is 11.3 Å². The van der Waals surface area contributed by atoms with Gasteiger partial charge in [-0.05, 0) is 25.3 Å². The molecule has 0 radical (unpaired) electrons. The highest BCUT2D eigenvalue weighted by Crippen LogP contribution is 2.23. The maximum Gasteiger partial charge on any atom is 0.307 e. The molecule has 110 valence electrons. The monoisotopic (exact) mass is 281 g/mol. The summed E-state index contributed by atoms with van der Waals surface area (Å²) in [5, 5.41) is 17.3. The van der Waals surface area contributed by atoms with E-state index in [4.69, 9.17) is 5.73 Å². The quantitative estimate of drug-likeness (QED) is 0.599. The Kier molecular flexibility index (Phi) is 4.67. The largest absolute Gasteiger partial charge is 0.351 e. The van der Waals surface area contributed by atoms with Crippen LogP contribution in [0.2, 0.25) is 0 Å². The van der Waals surface area contributed by atoms with E-state index in [1.165, 1.54) is 10.9 Å². The van der Waals surface area contributed by atoms with Gasteiger partial charge in [0.25, 0.3) is 0 Å². The number of rotatable bonds is 5. The van der Waals surface area contributed by atoms with Gasteiger partial charge in [0.2, 0.25) is 5.91 Å². The van der Waals surface area contributed by atoms with E-state index in [-0.39, 0.29) is 24.2 Å². The summed E-state index contributed by atoms with van der Waals surface area (Å²) in [5.41, 5.74) is 5.60. The van der Waals surface area contributed by atoms with Crippen LogP contribution in [0, 0.1) is 16.0 Å². The highest BCUT2D eigenvalue weighted by atomic mass is 16.6. The van der Waals surface area contributed by atoms with Gasteiger partial charge in [0.05, 0.1) is 4.92 Å². The van der Waals surface area contributed by atoms with E-state index >= 15 is 0 Å². The Bertz CT molecular complexity index is 487.